The van der Waals surface area contributed by atoms with Crippen LogP contribution in [0.3, 0.4) is 0 Å². The summed E-state index contributed by atoms with van der Waals surface area (Å²) in [6.07, 6.45) is 38.2. The molecule has 11 rings (SSSR count). The average molecular weight is 985 g/mol. The summed E-state index contributed by atoms with van der Waals surface area (Å²) in [6, 6.07) is 8.53. The molecule has 6 nitrogen and oxygen atoms in total. The summed E-state index contributed by atoms with van der Waals surface area (Å²) in [5, 5.41) is 0. The van der Waals surface area contributed by atoms with Gasteiger partial charge in [0.2, 0.25) is 0 Å². The Morgan fingerprint density at radius 2 is 1.19 bits per heavy atom. The van der Waals surface area contributed by atoms with Gasteiger partial charge >= 0.3 is 15.6 Å². The first-order valence-corrected chi connectivity index (χ1v) is 28.9. The number of aromatic nitrogens is 2. The van der Waals surface area contributed by atoms with Crippen LogP contribution in [0, 0.1) is 69.0 Å². The lowest BCUT2D eigenvalue weighted by atomic mass is 9.42. The van der Waals surface area contributed by atoms with Gasteiger partial charge in [0.25, 0.3) is 0 Å². The normalized spacial score (nSPS) is 37.1. The highest BCUT2D eigenvalue weighted by molar-refractivity contribution is 7.87. The lowest BCUT2D eigenvalue weighted by Gasteiger charge is -2.58. The van der Waals surface area contributed by atoms with E-state index in [0.717, 1.165) is 56.1 Å². The third-order valence-corrected chi connectivity index (χ3v) is 21.2. The van der Waals surface area contributed by atoms with E-state index in [9.17, 15) is 21.6 Å². The molecule has 1 aliphatic heterocycles. The second-order valence-electron chi connectivity index (χ2n) is 24.1. The molecule has 2 aromatic heterocycles. The molecule has 3 heterocycles. The third-order valence-electron chi connectivity index (χ3n) is 20.2. The fourth-order valence-electron chi connectivity index (χ4n) is 15.9. The lowest BCUT2D eigenvalue weighted by molar-refractivity contribution is -0.0575. The molecule has 9 aliphatic rings. The molecule has 70 heavy (non-hydrogen) atoms. The highest BCUT2D eigenvalue weighted by Gasteiger charge is 2.60. The molecule has 384 valence electrons. The Labute approximate surface area is 420 Å². The highest BCUT2D eigenvalue weighted by atomic mass is 32.2. The quantitative estimate of drug-likeness (QED) is 0.124. The molecule has 8 aliphatic carbocycles. The number of nitrogens with zero attached hydrogens (tertiary/aromatic N) is 2. The second-order valence-corrected chi connectivity index (χ2v) is 25.7. The van der Waals surface area contributed by atoms with E-state index < -0.39 is 21.0 Å². The van der Waals surface area contributed by atoms with Gasteiger partial charge in [-0.1, -0.05) is 115 Å². The Bertz CT molecular complexity index is 2340. The van der Waals surface area contributed by atoms with Crippen molar-refractivity contribution in [3.8, 4) is 0 Å². The van der Waals surface area contributed by atoms with Gasteiger partial charge in [-0.25, -0.2) is 0 Å². The summed E-state index contributed by atoms with van der Waals surface area (Å²) >= 11 is 0. The van der Waals surface area contributed by atoms with Crippen molar-refractivity contribution >= 4 is 27.9 Å². The van der Waals surface area contributed by atoms with Gasteiger partial charge in [0.15, 0.2) is 6.71 Å². The van der Waals surface area contributed by atoms with Crippen molar-refractivity contribution in [3.63, 3.8) is 0 Å². The van der Waals surface area contributed by atoms with Gasteiger partial charge < -0.3 is 8.92 Å². The minimum absolute atomic E-state index is 0.00507. The molecule has 0 spiro atoms. The van der Waals surface area contributed by atoms with E-state index in [-0.39, 0.29) is 17.1 Å². The minimum atomic E-state index is -5.62. The standard InChI is InChI=1S/C25H33N.C21H29F3O3S.C9H14BN.C4H8O/c1-17-10-12-24(2)19(15-17)6-7-20-22-9-8-21(18-5-4-14-26-16-18)25(22,3)13-11-23(20)24;1-13-8-10-19(2)14(12-13)4-5-15-16-6-7-18(20(16,3)11-9-17(15)19)27-28(25,26)21(22,23)24;1-3-10(4-2)9-6-5-7-11-8-9;1-2-4-5-3-1/h4-6,8,14,16-17,20,22-23H,7,9-13,15H2,1-3H3;4,7,13,15-17H,5-6,8-12H2,1-3H3;5-8H,3-4H2,1-2H3;1-4H2/t17?,20?,22?,23?,24-,25+;13?,15?,16?,17?,19-,20-;;/m00../s1. The van der Waals surface area contributed by atoms with Crippen molar-refractivity contribution in [2.24, 2.45) is 69.0 Å². The van der Waals surface area contributed by atoms with E-state index in [4.69, 9.17) is 4.74 Å². The van der Waals surface area contributed by atoms with E-state index in [0.29, 0.717) is 48.1 Å². The number of rotatable bonds is 6. The van der Waals surface area contributed by atoms with Crippen molar-refractivity contribution in [1.29, 1.82) is 0 Å². The first-order chi connectivity index (χ1) is 33.3. The highest BCUT2D eigenvalue weighted by Crippen LogP contribution is 2.68. The average Bonchev–Trinajstić information content (AvgIpc) is 4.11. The van der Waals surface area contributed by atoms with Crippen LogP contribution in [0.5, 0.6) is 0 Å². The maximum Gasteiger partial charge on any atom is 0.534 e. The predicted molar refractivity (Wildman–Crippen MR) is 279 cm³/mol. The van der Waals surface area contributed by atoms with Gasteiger partial charge in [0, 0.05) is 43.4 Å². The Kier molecular flexibility index (Phi) is 16.2. The maximum absolute atomic E-state index is 12.8. The molecule has 2 aromatic rings. The molecule has 0 radical (unpaired) electrons. The van der Waals surface area contributed by atoms with E-state index >= 15 is 0 Å². The zero-order chi connectivity index (χ0) is 50.1. The summed E-state index contributed by atoms with van der Waals surface area (Å²) in [5.74, 6) is 5.25. The van der Waals surface area contributed by atoms with Gasteiger partial charge in [-0.05, 0) is 196 Å². The zero-order valence-corrected chi connectivity index (χ0v) is 44.7. The number of allylic oxidation sites excluding steroid dienone is 8. The molecule has 8 unspecified atom stereocenters. The van der Waals surface area contributed by atoms with Crippen LogP contribution in [0.15, 0.2) is 90.3 Å². The van der Waals surface area contributed by atoms with Gasteiger partial charge in [0.1, 0.15) is 5.76 Å². The van der Waals surface area contributed by atoms with Crippen molar-refractivity contribution in [1.82, 2.24) is 9.97 Å². The largest absolute Gasteiger partial charge is 0.534 e. The first-order valence-electron chi connectivity index (χ1n) is 27.5. The summed E-state index contributed by atoms with van der Waals surface area (Å²) in [7, 11) is -5.62. The number of fused-ring (bicyclic) bond motifs is 10. The molecule has 0 bridgehead atoms. The second kappa shape index (κ2) is 21.4. The molecule has 1 saturated heterocycles. The summed E-state index contributed by atoms with van der Waals surface area (Å²) in [4.78, 5) is 8.50. The smallest absolute Gasteiger partial charge is 0.381 e. The van der Waals surface area contributed by atoms with Crippen LogP contribution in [-0.2, 0) is 19.0 Å². The van der Waals surface area contributed by atoms with Crippen LogP contribution in [0.1, 0.15) is 164 Å². The maximum atomic E-state index is 12.8. The molecule has 0 N–H and O–H groups in total. The summed E-state index contributed by atoms with van der Waals surface area (Å²) < 4.78 is 71.2. The minimum Gasteiger partial charge on any atom is -0.381 e. The molecule has 0 aromatic carbocycles. The number of alkyl halides is 3. The topological polar surface area (TPSA) is 78.4 Å². The van der Waals surface area contributed by atoms with E-state index in [1.54, 1.807) is 17.2 Å². The summed E-state index contributed by atoms with van der Waals surface area (Å²) in [5.41, 5.74) is 2.71. The molecular formula is C59H84BF3N2O4S. The molecule has 12 atom stereocenters. The third kappa shape index (κ3) is 10.3. The Morgan fingerprint density at radius 3 is 1.67 bits per heavy atom. The molecule has 0 amide bonds. The zero-order valence-electron chi connectivity index (χ0n) is 43.8. The Morgan fingerprint density at radius 1 is 0.671 bits per heavy atom. The van der Waals surface area contributed by atoms with Gasteiger partial charge in [-0.3, -0.25) is 9.97 Å². The van der Waals surface area contributed by atoms with Crippen molar-refractivity contribution in [2.45, 2.75) is 176 Å². The monoisotopic (exact) mass is 985 g/mol. The SMILES string of the molecule is C1CCOC1.CC1CC[C@@]2(C)C(=CCC3C2CC[C@]2(C)C(OS(=O)(=O)C(F)(F)F)=CCC32)C1.CC1CC[C@@]2(C)C(=CCC3C2CC[C@]2(C)C(c4cccnc4)=CCC32)C1.CCB(CC)c1cccnc1. The van der Waals surface area contributed by atoms with Crippen LogP contribution in [0.4, 0.5) is 13.2 Å². The van der Waals surface area contributed by atoms with Gasteiger partial charge in [-0.15, -0.1) is 0 Å². The fourth-order valence-corrected chi connectivity index (χ4v) is 16.5. The van der Waals surface area contributed by atoms with Crippen LogP contribution in [-0.4, -0.2) is 43.8 Å². The van der Waals surface area contributed by atoms with Crippen molar-refractivity contribution < 1.29 is 30.5 Å². The van der Waals surface area contributed by atoms with E-state index in [2.05, 4.69) is 105 Å². The lowest BCUT2D eigenvalue weighted by Crippen LogP contribution is -2.49. The molecule has 4 saturated carbocycles. The molecule has 11 heteroatoms. The number of ether oxygens (including phenoxy) is 1. The molecular weight excluding hydrogens is 901 g/mol. The first kappa shape index (κ1) is 53.1. The van der Waals surface area contributed by atoms with Gasteiger partial charge in [0.05, 0.1) is 0 Å². The Hall–Kier alpha value is -3.18. The number of pyridine rings is 2. The van der Waals surface area contributed by atoms with Gasteiger partial charge in [-0.2, -0.15) is 21.6 Å². The Balaban J connectivity index is 0.000000144. The number of hydrogen-bond donors (Lipinski definition) is 0. The molecule has 5 fully saturated rings. The van der Waals surface area contributed by atoms with Crippen LogP contribution >= 0.6 is 0 Å². The fraction of sp³-hybridized carbons (Fsp3) is 0.695. The number of halogens is 3. The van der Waals surface area contributed by atoms with E-state index in [1.165, 1.54) is 94.3 Å². The van der Waals surface area contributed by atoms with Crippen LogP contribution in [0.25, 0.3) is 5.57 Å². The van der Waals surface area contributed by atoms with Crippen molar-refractivity contribution in [3.05, 3.63) is 95.8 Å². The van der Waals surface area contributed by atoms with Crippen LogP contribution in [0.2, 0.25) is 12.6 Å². The van der Waals surface area contributed by atoms with Crippen LogP contribution < -0.4 is 5.46 Å². The summed E-state index contributed by atoms with van der Waals surface area (Å²) in [6.45, 7) is 21.3. The van der Waals surface area contributed by atoms with E-state index in [1.807, 2.05) is 37.2 Å². The van der Waals surface area contributed by atoms with Crippen molar-refractivity contribution in [2.75, 3.05) is 13.2 Å². The predicted octanol–water partition coefficient (Wildman–Crippen LogP) is 15.2. The number of hydrogen-bond acceptors (Lipinski definition) is 6.